The molecular formula is C29H24F3N3O3S2. The highest BCUT2D eigenvalue weighted by Gasteiger charge is 2.67. The molecule has 1 unspecified atom stereocenters. The summed E-state index contributed by atoms with van der Waals surface area (Å²) in [6.45, 7) is 0.469. The van der Waals surface area contributed by atoms with E-state index >= 15 is 0 Å². The van der Waals surface area contributed by atoms with E-state index in [0.717, 1.165) is 41.2 Å². The van der Waals surface area contributed by atoms with Crippen molar-refractivity contribution < 1.29 is 22.9 Å². The van der Waals surface area contributed by atoms with E-state index in [2.05, 4.69) is 17.4 Å². The fourth-order valence-electron chi connectivity index (χ4n) is 5.93. The standard InChI is InChI=1S/C29H24F3N3O3S2/c30-29(31,32)20-10-8-17(9-11-20)25-26(24-18-15-28(24,16-18)19-5-2-1-3-6-19)40-27(34-25)33-14-4-7-21(36)22-12-13-23(39-22)35(37)38/h1-3,5-6,8-13,18,24H,4,7,14-16H2,(H,33,34). The Kier molecular flexibility index (Phi) is 6.74. The predicted octanol–water partition coefficient (Wildman–Crippen LogP) is 8.32. The highest BCUT2D eigenvalue weighted by atomic mass is 32.1. The van der Waals surface area contributed by atoms with E-state index in [0.29, 0.717) is 40.1 Å². The third-order valence-corrected chi connectivity index (χ3v) is 10.2. The molecule has 7 rings (SSSR count). The lowest BCUT2D eigenvalue weighted by atomic mass is 9.35. The second kappa shape index (κ2) is 10.1. The summed E-state index contributed by atoms with van der Waals surface area (Å²) in [6.07, 6.45) is -1.48. The fraction of sp³-hybridized carbons (Fsp3) is 0.310. The molecule has 3 aliphatic rings. The maximum absolute atomic E-state index is 13.2. The molecule has 3 aliphatic carbocycles. The number of nitrogens with zero attached hydrogens (tertiary/aromatic N) is 2. The lowest BCUT2D eigenvalue weighted by molar-refractivity contribution is -0.380. The molecule has 3 fully saturated rings. The predicted molar refractivity (Wildman–Crippen MR) is 149 cm³/mol. The zero-order valence-corrected chi connectivity index (χ0v) is 22.7. The van der Waals surface area contributed by atoms with Gasteiger partial charge in [0.1, 0.15) is 0 Å². The molecule has 0 amide bonds. The number of hydrogen-bond donors (Lipinski definition) is 1. The Hall–Kier alpha value is -3.57. The van der Waals surface area contributed by atoms with Gasteiger partial charge in [-0.05, 0) is 48.9 Å². The molecule has 40 heavy (non-hydrogen) atoms. The van der Waals surface area contributed by atoms with Crippen molar-refractivity contribution in [3.05, 3.63) is 97.7 Å². The Morgan fingerprint density at radius 1 is 1.05 bits per heavy atom. The van der Waals surface area contributed by atoms with Gasteiger partial charge in [0.15, 0.2) is 10.9 Å². The van der Waals surface area contributed by atoms with Gasteiger partial charge < -0.3 is 5.32 Å². The topological polar surface area (TPSA) is 85.1 Å². The van der Waals surface area contributed by atoms with Gasteiger partial charge in [-0.25, -0.2) is 4.98 Å². The van der Waals surface area contributed by atoms with Crippen LogP contribution in [0.1, 0.15) is 57.3 Å². The minimum Gasteiger partial charge on any atom is -0.361 e. The minimum absolute atomic E-state index is 0.0339. The molecule has 4 aromatic rings. The first-order chi connectivity index (χ1) is 19.2. The fourth-order valence-corrected chi connectivity index (χ4v) is 8.04. The van der Waals surface area contributed by atoms with Crippen molar-refractivity contribution in [1.82, 2.24) is 4.98 Å². The van der Waals surface area contributed by atoms with Crippen LogP contribution in [0.4, 0.5) is 23.3 Å². The smallest absolute Gasteiger partial charge is 0.361 e. The summed E-state index contributed by atoms with van der Waals surface area (Å²) in [5.41, 5.74) is 1.98. The van der Waals surface area contributed by atoms with Crippen molar-refractivity contribution in [1.29, 1.82) is 0 Å². The Morgan fingerprint density at radius 2 is 1.77 bits per heavy atom. The molecule has 0 aliphatic heterocycles. The number of carbonyl (C=O) groups is 1. The molecule has 0 radical (unpaired) electrons. The molecule has 11 heteroatoms. The first-order valence-corrected chi connectivity index (χ1v) is 14.5. The summed E-state index contributed by atoms with van der Waals surface area (Å²) < 4.78 is 39.6. The normalized spacial score (nSPS) is 21.4. The van der Waals surface area contributed by atoms with E-state index in [-0.39, 0.29) is 28.5 Å². The first kappa shape index (κ1) is 26.6. The van der Waals surface area contributed by atoms with Crippen LogP contribution in [0.3, 0.4) is 0 Å². The van der Waals surface area contributed by atoms with Crippen LogP contribution in [0.2, 0.25) is 0 Å². The SMILES string of the molecule is O=C(CCCNc1nc(-c2ccc(C(F)(F)F)cc2)c(C2C3CC2(c2ccccc2)C3)s1)c1ccc([N+](=O)[O-])s1. The van der Waals surface area contributed by atoms with Gasteiger partial charge in [0, 0.05) is 40.8 Å². The maximum atomic E-state index is 13.2. The van der Waals surface area contributed by atoms with E-state index in [4.69, 9.17) is 4.98 Å². The van der Waals surface area contributed by atoms with Crippen LogP contribution in [0.25, 0.3) is 11.3 Å². The molecule has 2 aromatic heterocycles. The van der Waals surface area contributed by atoms with Crippen LogP contribution >= 0.6 is 22.7 Å². The van der Waals surface area contributed by atoms with Crippen LogP contribution in [-0.2, 0) is 11.6 Å². The van der Waals surface area contributed by atoms with Crippen LogP contribution in [-0.4, -0.2) is 22.2 Å². The molecular weight excluding hydrogens is 559 g/mol. The summed E-state index contributed by atoms with van der Waals surface area (Å²) in [7, 11) is 0. The van der Waals surface area contributed by atoms with E-state index in [1.54, 1.807) is 0 Å². The number of alkyl halides is 3. The van der Waals surface area contributed by atoms with Gasteiger partial charge in [0.05, 0.1) is 21.1 Å². The minimum atomic E-state index is -4.41. The number of nitro groups is 1. The summed E-state index contributed by atoms with van der Waals surface area (Å²) in [5.74, 6) is 0.634. The van der Waals surface area contributed by atoms with Crippen molar-refractivity contribution in [3.63, 3.8) is 0 Å². The number of aromatic nitrogens is 1. The van der Waals surface area contributed by atoms with Crippen molar-refractivity contribution >= 4 is 38.6 Å². The number of nitrogens with one attached hydrogen (secondary N) is 1. The number of carbonyl (C=O) groups excluding carboxylic acids is 1. The average molecular weight is 584 g/mol. The summed E-state index contributed by atoms with van der Waals surface area (Å²) >= 11 is 2.41. The zero-order chi connectivity index (χ0) is 28.1. The number of ketones is 1. The number of benzene rings is 2. The number of anilines is 1. The Morgan fingerprint density at radius 3 is 2.38 bits per heavy atom. The molecule has 0 saturated heterocycles. The summed E-state index contributed by atoms with van der Waals surface area (Å²) in [5, 5.41) is 14.8. The molecule has 3 saturated carbocycles. The van der Waals surface area contributed by atoms with Crippen molar-refractivity contribution in [3.8, 4) is 11.3 Å². The highest BCUT2D eigenvalue weighted by Crippen LogP contribution is 2.74. The quantitative estimate of drug-likeness (QED) is 0.0878. The average Bonchev–Trinajstić information content (AvgIpc) is 3.54. The van der Waals surface area contributed by atoms with Crippen LogP contribution < -0.4 is 5.32 Å². The molecule has 2 bridgehead atoms. The molecule has 206 valence electrons. The van der Waals surface area contributed by atoms with Crippen LogP contribution in [0.15, 0.2) is 66.7 Å². The monoisotopic (exact) mass is 583 g/mol. The van der Waals surface area contributed by atoms with Crippen LogP contribution in [0, 0.1) is 16.0 Å². The molecule has 2 aromatic carbocycles. The van der Waals surface area contributed by atoms with E-state index in [9.17, 15) is 28.1 Å². The third kappa shape index (κ3) is 4.71. The summed E-state index contributed by atoms with van der Waals surface area (Å²) in [4.78, 5) is 29.1. The number of hydrogen-bond acceptors (Lipinski definition) is 7. The second-order valence-electron chi connectivity index (χ2n) is 10.3. The second-order valence-corrected chi connectivity index (χ2v) is 12.4. The Labute approximate surface area is 236 Å². The van der Waals surface area contributed by atoms with Gasteiger partial charge in [0.2, 0.25) is 0 Å². The van der Waals surface area contributed by atoms with Gasteiger partial charge in [-0.2, -0.15) is 13.2 Å². The maximum Gasteiger partial charge on any atom is 0.416 e. The van der Waals surface area contributed by atoms with E-state index in [1.165, 1.54) is 41.2 Å². The largest absolute Gasteiger partial charge is 0.416 e. The molecule has 2 heterocycles. The molecule has 6 nitrogen and oxygen atoms in total. The lowest BCUT2D eigenvalue weighted by Crippen LogP contribution is -2.62. The molecule has 1 N–H and O–H groups in total. The van der Waals surface area contributed by atoms with Gasteiger partial charge in [0.25, 0.3) is 0 Å². The van der Waals surface area contributed by atoms with Crippen LogP contribution in [0.5, 0.6) is 0 Å². The van der Waals surface area contributed by atoms with Crippen molar-refractivity contribution in [2.24, 2.45) is 5.92 Å². The number of rotatable bonds is 10. The molecule has 1 atom stereocenters. The molecule has 0 spiro atoms. The number of thiophene rings is 1. The third-order valence-electron chi connectivity index (χ3n) is 7.99. The van der Waals surface area contributed by atoms with Crippen molar-refractivity contribution in [2.75, 3.05) is 11.9 Å². The van der Waals surface area contributed by atoms with Crippen molar-refractivity contribution in [2.45, 2.75) is 43.2 Å². The Bertz CT molecular complexity index is 1560. The summed E-state index contributed by atoms with van der Waals surface area (Å²) in [6, 6.07) is 18.4. The number of Topliss-reactive ketones (excluding diaryl/α,β-unsaturated/α-hetero) is 1. The van der Waals surface area contributed by atoms with E-state index in [1.807, 2.05) is 18.2 Å². The Balaban J connectivity index is 1.21. The van der Waals surface area contributed by atoms with Gasteiger partial charge >= 0.3 is 11.2 Å². The van der Waals surface area contributed by atoms with Gasteiger partial charge in [-0.1, -0.05) is 53.8 Å². The number of thiazole rings is 1. The lowest BCUT2D eigenvalue weighted by Gasteiger charge is -2.68. The number of halogens is 3. The zero-order valence-electron chi connectivity index (χ0n) is 21.1. The first-order valence-electron chi connectivity index (χ1n) is 12.9. The van der Waals surface area contributed by atoms with E-state index < -0.39 is 16.7 Å². The van der Waals surface area contributed by atoms with Gasteiger partial charge in [-0.3, -0.25) is 14.9 Å². The highest BCUT2D eigenvalue weighted by molar-refractivity contribution is 7.17. The van der Waals surface area contributed by atoms with Gasteiger partial charge in [-0.15, -0.1) is 11.3 Å².